The van der Waals surface area contributed by atoms with Crippen LogP contribution in [-0.2, 0) is 16.4 Å². The van der Waals surface area contributed by atoms with E-state index in [2.05, 4.69) is 4.98 Å². The first-order valence-corrected chi connectivity index (χ1v) is 11.5. The molecule has 0 amide bonds. The van der Waals surface area contributed by atoms with Crippen LogP contribution < -0.4 is 5.73 Å². The first-order valence-electron chi connectivity index (χ1n) is 10.1. The van der Waals surface area contributed by atoms with Crippen molar-refractivity contribution in [2.45, 2.75) is 30.8 Å². The van der Waals surface area contributed by atoms with Crippen LogP contribution in [0.1, 0.15) is 17.5 Å². The molecule has 0 saturated carbocycles. The SMILES string of the molecule is Cc1c(F)c(-c2c(F)cc(S(=O)(=O)N3CC[C@H](F)C3)cc2F)nc2cc(CCN)ccc12. The van der Waals surface area contributed by atoms with E-state index in [4.69, 9.17) is 5.73 Å². The molecule has 2 heterocycles. The average Bonchev–Trinajstić information content (AvgIpc) is 3.18. The van der Waals surface area contributed by atoms with Gasteiger partial charge in [0.05, 0.1) is 16.0 Å². The van der Waals surface area contributed by atoms with Gasteiger partial charge in [0.2, 0.25) is 10.0 Å². The number of hydrogen-bond acceptors (Lipinski definition) is 4. The molecule has 2 N–H and O–H groups in total. The second-order valence-corrected chi connectivity index (χ2v) is 9.74. The Hall–Kier alpha value is -2.56. The van der Waals surface area contributed by atoms with Crippen molar-refractivity contribution in [2.24, 2.45) is 5.73 Å². The molecule has 0 unspecified atom stereocenters. The van der Waals surface area contributed by atoms with Gasteiger partial charge in [-0.3, -0.25) is 0 Å². The number of aryl methyl sites for hydroxylation is 1. The molecule has 32 heavy (non-hydrogen) atoms. The minimum absolute atomic E-state index is 0.0138. The minimum atomic E-state index is -4.29. The lowest BCUT2D eigenvalue weighted by Crippen LogP contribution is -2.29. The maximum Gasteiger partial charge on any atom is 0.243 e. The topological polar surface area (TPSA) is 76.3 Å². The number of aromatic nitrogens is 1. The summed E-state index contributed by atoms with van der Waals surface area (Å²) in [7, 11) is -4.29. The summed E-state index contributed by atoms with van der Waals surface area (Å²) in [6, 6.07) is 6.36. The smallest absolute Gasteiger partial charge is 0.243 e. The van der Waals surface area contributed by atoms with E-state index in [0.717, 1.165) is 9.87 Å². The average molecular weight is 467 g/mol. The van der Waals surface area contributed by atoms with Crippen LogP contribution in [0.25, 0.3) is 22.2 Å². The van der Waals surface area contributed by atoms with Crippen LogP contribution in [0.4, 0.5) is 17.6 Å². The molecule has 1 fully saturated rings. The molecule has 170 valence electrons. The van der Waals surface area contributed by atoms with Gasteiger partial charge in [0, 0.05) is 18.5 Å². The molecule has 1 aliphatic rings. The molecule has 10 heteroatoms. The summed E-state index contributed by atoms with van der Waals surface area (Å²) in [6.45, 7) is 1.40. The summed E-state index contributed by atoms with van der Waals surface area (Å²) in [5.74, 6) is -3.46. The number of pyridine rings is 1. The Kier molecular flexibility index (Phi) is 5.95. The highest BCUT2D eigenvalue weighted by molar-refractivity contribution is 7.89. The monoisotopic (exact) mass is 467 g/mol. The molecule has 3 aromatic rings. The number of alkyl halides is 1. The molecule has 5 nitrogen and oxygen atoms in total. The van der Waals surface area contributed by atoms with Gasteiger partial charge in [-0.2, -0.15) is 4.31 Å². The molecule has 1 atom stereocenters. The number of nitrogens with two attached hydrogens (primary N) is 1. The molecule has 1 saturated heterocycles. The zero-order chi connectivity index (χ0) is 23.2. The highest BCUT2D eigenvalue weighted by atomic mass is 32.2. The van der Waals surface area contributed by atoms with Gasteiger partial charge in [-0.1, -0.05) is 12.1 Å². The predicted octanol–water partition coefficient (Wildman–Crippen LogP) is 3.86. The third kappa shape index (κ3) is 3.87. The first-order chi connectivity index (χ1) is 15.1. The third-order valence-electron chi connectivity index (χ3n) is 5.65. The van der Waals surface area contributed by atoms with Gasteiger partial charge in [0.15, 0.2) is 5.82 Å². The molecule has 4 rings (SSSR count). The molecule has 0 radical (unpaired) electrons. The van der Waals surface area contributed by atoms with Crippen LogP contribution in [0, 0.1) is 24.4 Å². The van der Waals surface area contributed by atoms with Crippen LogP contribution in [-0.4, -0.2) is 43.5 Å². The van der Waals surface area contributed by atoms with Crippen molar-refractivity contribution in [3.63, 3.8) is 0 Å². The van der Waals surface area contributed by atoms with Crippen molar-refractivity contribution in [3.05, 3.63) is 58.9 Å². The summed E-state index contributed by atoms with van der Waals surface area (Å²) in [6.07, 6.45) is -0.767. The zero-order valence-corrected chi connectivity index (χ0v) is 18.0. The number of benzene rings is 2. The highest BCUT2D eigenvalue weighted by Gasteiger charge is 2.34. The summed E-state index contributed by atoms with van der Waals surface area (Å²) >= 11 is 0. The van der Waals surface area contributed by atoms with Crippen LogP contribution in [0.3, 0.4) is 0 Å². The van der Waals surface area contributed by atoms with Crippen LogP contribution >= 0.6 is 0 Å². The fourth-order valence-electron chi connectivity index (χ4n) is 3.92. The van der Waals surface area contributed by atoms with Gasteiger partial charge in [-0.15, -0.1) is 0 Å². The Morgan fingerprint density at radius 1 is 1.16 bits per heavy atom. The second kappa shape index (κ2) is 8.42. The standard InChI is InChI=1S/C22H21F4N3O2S/c1-12-16-3-2-13(4-6-27)8-19(16)28-22(21(12)26)20-17(24)9-15(10-18(20)25)32(30,31)29-7-5-14(23)11-29/h2-3,8-10,14H,4-7,11,27H2,1H3/t14-/m0/s1. The van der Waals surface area contributed by atoms with Crippen LogP contribution in [0.15, 0.2) is 35.2 Å². The molecule has 1 aromatic heterocycles. The predicted molar refractivity (Wildman–Crippen MR) is 113 cm³/mol. The number of rotatable bonds is 5. The van der Waals surface area contributed by atoms with E-state index in [1.807, 2.05) is 0 Å². The fourth-order valence-corrected chi connectivity index (χ4v) is 5.43. The first kappa shape index (κ1) is 22.6. The number of fused-ring (bicyclic) bond motifs is 1. The molecule has 0 spiro atoms. The summed E-state index contributed by atoms with van der Waals surface area (Å²) in [4.78, 5) is 3.49. The van der Waals surface area contributed by atoms with Crippen molar-refractivity contribution >= 4 is 20.9 Å². The fraction of sp³-hybridized carbons (Fsp3) is 0.318. The van der Waals surface area contributed by atoms with Gasteiger partial charge in [-0.25, -0.2) is 31.0 Å². The largest absolute Gasteiger partial charge is 0.330 e. The normalized spacial score (nSPS) is 17.4. The molecular weight excluding hydrogens is 446 g/mol. The Morgan fingerprint density at radius 3 is 2.44 bits per heavy atom. The van der Waals surface area contributed by atoms with Crippen molar-refractivity contribution in [1.29, 1.82) is 0 Å². The van der Waals surface area contributed by atoms with Crippen molar-refractivity contribution in [3.8, 4) is 11.3 Å². The maximum absolute atomic E-state index is 15.1. The van der Waals surface area contributed by atoms with Gasteiger partial charge in [0.25, 0.3) is 0 Å². The minimum Gasteiger partial charge on any atom is -0.330 e. The molecule has 1 aliphatic heterocycles. The van der Waals surface area contributed by atoms with Crippen molar-refractivity contribution < 1.29 is 26.0 Å². The third-order valence-corrected chi connectivity index (χ3v) is 7.50. The number of hydrogen-bond donors (Lipinski definition) is 1. The summed E-state index contributed by atoms with van der Waals surface area (Å²) < 4.78 is 84.6. The van der Waals surface area contributed by atoms with Gasteiger partial charge >= 0.3 is 0 Å². The van der Waals surface area contributed by atoms with E-state index in [-0.39, 0.29) is 25.1 Å². The quantitative estimate of drug-likeness (QED) is 0.579. The summed E-state index contributed by atoms with van der Waals surface area (Å²) in [5.41, 5.74) is 5.59. The second-order valence-electron chi connectivity index (χ2n) is 7.80. The molecule has 0 bridgehead atoms. The zero-order valence-electron chi connectivity index (χ0n) is 17.2. The van der Waals surface area contributed by atoms with E-state index < -0.39 is 49.8 Å². The number of sulfonamides is 1. The van der Waals surface area contributed by atoms with E-state index in [1.54, 1.807) is 18.2 Å². The number of halogens is 4. The molecule has 0 aliphatic carbocycles. The van der Waals surface area contributed by atoms with Gasteiger partial charge < -0.3 is 5.73 Å². The molecule has 2 aromatic carbocycles. The van der Waals surface area contributed by atoms with E-state index in [1.165, 1.54) is 6.92 Å². The van der Waals surface area contributed by atoms with E-state index >= 15 is 4.39 Å². The van der Waals surface area contributed by atoms with Crippen molar-refractivity contribution in [2.75, 3.05) is 19.6 Å². The van der Waals surface area contributed by atoms with Gasteiger partial charge in [-0.05, 0) is 55.6 Å². The highest BCUT2D eigenvalue weighted by Crippen LogP contribution is 2.34. The summed E-state index contributed by atoms with van der Waals surface area (Å²) in [5, 5.41) is 0.488. The Balaban J connectivity index is 1.84. The number of nitrogens with zero attached hydrogens (tertiary/aromatic N) is 2. The van der Waals surface area contributed by atoms with Crippen LogP contribution in [0.5, 0.6) is 0 Å². The lowest BCUT2D eigenvalue weighted by molar-refractivity contribution is 0.343. The Bertz CT molecular complexity index is 1290. The Morgan fingerprint density at radius 2 is 1.84 bits per heavy atom. The van der Waals surface area contributed by atoms with E-state index in [0.29, 0.717) is 36.0 Å². The van der Waals surface area contributed by atoms with Gasteiger partial charge in [0.1, 0.15) is 23.5 Å². The van der Waals surface area contributed by atoms with Crippen molar-refractivity contribution in [1.82, 2.24) is 9.29 Å². The maximum atomic E-state index is 15.1. The Labute approximate surface area is 182 Å². The lowest BCUT2D eigenvalue weighted by Gasteiger charge is -2.17. The molecular formula is C22H21F4N3O2S. The lowest BCUT2D eigenvalue weighted by atomic mass is 10.0. The van der Waals surface area contributed by atoms with Crippen LogP contribution in [0.2, 0.25) is 0 Å². The van der Waals surface area contributed by atoms with E-state index in [9.17, 15) is 21.6 Å².